The van der Waals surface area contributed by atoms with Gasteiger partial charge in [0.15, 0.2) is 0 Å². The molecule has 3 heterocycles. The Morgan fingerprint density at radius 1 is 1.12 bits per heavy atom. The lowest BCUT2D eigenvalue weighted by molar-refractivity contribution is 0.0223. The molecule has 2 aliphatic heterocycles. The van der Waals surface area contributed by atoms with Crippen molar-refractivity contribution < 1.29 is 23.3 Å². The molecule has 1 saturated heterocycles. The van der Waals surface area contributed by atoms with Crippen molar-refractivity contribution in [2.24, 2.45) is 0 Å². The van der Waals surface area contributed by atoms with E-state index in [0.717, 1.165) is 35.0 Å². The normalized spacial score (nSPS) is 18.1. The van der Waals surface area contributed by atoms with Gasteiger partial charge in [0.25, 0.3) is 5.91 Å². The van der Waals surface area contributed by atoms with Crippen LogP contribution in [0.15, 0.2) is 18.2 Å². The van der Waals surface area contributed by atoms with E-state index in [1.165, 1.54) is 0 Å². The molecule has 9 heteroatoms. The number of aromatic nitrogens is 1. The van der Waals surface area contributed by atoms with E-state index in [9.17, 15) is 13.8 Å². The van der Waals surface area contributed by atoms with Gasteiger partial charge in [-0.05, 0) is 51.8 Å². The van der Waals surface area contributed by atoms with Crippen LogP contribution in [-0.4, -0.2) is 74.2 Å². The first kappa shape index (κ1) is 24.7. The van der Waals surface area contributed by atoms with Gasteiger partial charge in [-0.15, -0.1) is 0 Å². The van der Waals surface area contributed by atoms with E-state index in [-0.39, 0.29) is 18.1 Å². The zero-order valence-corrected chi connectivity index (χ0v) is 21.6. The van der Waals surface area contributed by atoms with Crippen molar-refractivity contribution in [3.05, 3.63) is 35.0 Å². The molecule has 2 aromatic rings. The van der Waals surface area contributed by atoms with Gasteiger partial charge in [-0.25, -0.2) is 9.00 Å². The summed E-state index contributed by atoms with van der Waals surface area (Å²) in [6.07, 6.45) is 2.09. The van der Waals surface area contributed by atoms with E-state index >= 15 is 0 Å². The Balaban J connectivity index is 1.69. The summed E-state index contributed by atoms with van der Waals surface area (Å²) in [4.78, 5) is 29.6. The number of ether oxygens (including phenoxy) is 2. The number of benzene rings is 1. The molecule has 2 aliphatic rings. The van der Waals surface area contributed by atoms with Crippen LogP contribution in [0, 0.1) is 0 Å². The van der Waals surface area contributed by atoms with Gasteiger partial charge in [0, 0.05) is 61.1 Å². The van der Waals surface area contributed by atoms with Gasteiger partial charge < -0.3 is 19.3 Å². The predicted molar refractivity (Wildman–Crippen MR) is 132 cm³/mol. The first-order chi connectivity index (χ1) is 16.1. The number of methoxy groups -OCH3 is 1. The molecule has 0 N–H and O–H groups in total. The zero-order valence-electron chi connectivity index (χ0n) is 20.8. The third-order valence-electron chi connectivity index (χ3n) is 6.51. The summed E-state index contributed by atoms with van der Waals surface area (Å²) in [5.41, 5.74) is 2.79. The molecular formula is C25H35N3O5S. The molecule has 186 valence electrons. The zero-order chi connectivity index (χ0) is 24.6. The van der Waals surface area contributed by atoms with E-state index in [0.29, 0.717) is 43.9 Å². The Labute approximate surface area is 203 Å². The van der Waals surface area contributed by atoms with Gasteiger partial charge in [-0.1, -0.05) is 6.92 Å². The van der Waals surface area contributed by atoms with Crippen molar-refractivity contribution in [2.45, 2.75) is 65.2 Å². The number of hydrogen-bond acceptors (Lipinski definition) is 5. The van der Waals surface area contributed by atoms with Crippen molar-refractivity contribution in [2.75, 3.05) is 32.5 Å². The Morgan fingerprint density at radius 3 is 2.44 bits per heavy atom. The van der Waals surface area contributed by atoms with E-state index in [4.69, 9.17) is 9.47 Å². The maximum Gasteiger partial charge on any atom is 0.410 e. The minimum atomic E-state index is -1.22. The average Bonchev–Trinajstić information content (AvgIpc) is 3.15. The summed E-state index contributed by atoms with van der Waals surface area (Å²) in [7, 11) is 0.498. The lowest BCUT2D eigenvalue weighted by atomic mass is 10.0. The Kier molecular flexibility index (Phi) is 7.05. The molecule has 34 heavy (non-hydrogen) atoms. The number of fused-ring (bicyclic) bond motifs is 3. The largest absolute Gasteiger partial charge is 0.444 e. The molecule has 1 atom stereocenters. The number of carbonyl (C=O) groups excluding carboxylic acids is 2. The third-order valence-corrected chi connectivity index (χ3v) is 7.83. The second-order valence-electron chi connectivity index (χ2n) is 9.94. The number of hydrogen-bond donors (Lipinski definition) is 0. The minimum Gasteiger partial charge on any atom is -0.444 e. The average molecular weight is 490 g/mol. The van der Waals surface area contributed by atoms with E-state index in [1.807, 2.05) is 54.8 Å². The molecule has 0 radical (unpaired) electrons. The van der Waals surface area contributed by atoms with Crippen LogP contribution in [0.2, 0.25) is 0 Å². The van der Waals surface area contributed by atoms with Gasteiger partial charge in [0.1, 0.15) is 16.6 Å². The van der Waals surface area contributed by atoms with Crippen LogP contribution >= 0.6 is 0 Å². The number of carbonyl (C=O) groups is 2. The summed E-state index contributed by atoms with van der Waals surface area (Å²) in [5, 5.41) is 0.877. The molecule has 1 fully saturated rings. The molecule has 1 aromatic carbocycles. The summed E-state index contributed by atoms with van der Waals surface area (Å²) in [5.74, 6) is 0.482. The van der Waals surface area contributed by atoms with Crippen LogP contribution in [-0.2, 0) is 33.4 Å². The van der Waals surface area contributed by atoms with Gasteiger partial charge in [-0.2, -0.15) is 0 Å². The lowest BCUT2D eigenvalue weighted by Crippen LogP contribution is -2.40. The SMILES string of the molecule is CCS(=O)n1c2c(c3cc(C(=O)N4CCC(OC)CC4)ccc31)CN(C(=O)OC(C)(C)C)CC2. The monoisotopic (exact) mass is 489 g/mol. The maximum atomic E-state index is 13.3. The van der Waals surface area contributed by atoms with Gasteiger partial charge in [0.05, 0.1) is 18.2 Å². The van der Waals surface area contributed by atoms with Crippen LogP contribution in [0.3, 0.4) is 0 Å². The fraction of sp³-hybridized carbons (Fsp3) is 0.600. The molecule has 2 amide bonds. The fourth-order valence-electron chi connectivity index (χ4n) is 4.77. The molecule has 0 spiro atoms. The van der Waals surface area contributed by atoms with Crippen molar-refractivity contribution in [3.8, 4) is 0 Å². The van der Waals surface area contributed by atoms with Gasteiger partial charge >= 0.3 is 6.09 Å². The van der Waals surface area contributed by atoms with Crippen molar-refractivity contribution in [1.29, 1.82) is 0 Å². The van der Waals surface area contributed by atoms with Crippen LogP contribution < -0.4 is 0 Å². The number of nitrogens with zero attached hydrogens (tertiary/aromatic N) is 3. The smallest absolute Gasteiger partial charge is 0.410 e. The van der Waals surface area contributed by atoms with E-state index in [2.05, 4.69) is 0 Å². The first-order valence-corrected chi connectivity index (χ1v) is 13.3. The highest BCUT2D eigenvalue weighted by Gasteiger charge is 2.31. The predicted octanol–water partition coefficient (Wildman–Crippen LogP) is 3.72. The summed E-state index contributed by atoms with van der Waals surface area (Å²) in [6, 6.07) is 5.63. The molecule has 0 saturated carbocycles. The third kappa shape index (κ3) is 4.86. The van der Waals surface area contributed by atoms with Crippen LogP contribution in [0.1, 0.15) is 62.2 Å². The molecule has 1 unspecified atom stereocenters. The summed E-state index contributed by atoms with van der Waals surface area (Å²) >= 11 is 0. The highest BCUT2D eigenvalue weighted by Crippen LogP contribution is 2.33. The topological polar surface area (TPSA) is 81.1 Å². The molecule has 0 bridgehead atoms. The minimum absolute atomic E-state index is 0.00521. The second kappa shape index (κ2) is 9.70. The van der Waals surface area contributed by atoms with Crippen LogP contribution in [0.4, 0.5) is 4.79 Å². The quantitative estimate of drug-likeness (QED) is 0.654. The summed E-state index contributed by atoms with van der Waals surface area (Å²) in [6.45, 7) is 9.65. The number of likely N-dealkylation sites (tertiary alicyclic amines) is 1. The molecule has 0 aliphatic carbocycles. The van der Waals surface area contributed by atoms with E-state index < -0.39 is 16.6 Å². The van der Waals surface area contributed by atoms with Crippen molar-refractivity contribution in [3.63, 3.8) is 0 Å². The van der Waals surface area contributed by atoms with Gasteiger partial charge in [0.2, 0.25) is 0 Å². The Hall–Kier alpha value is -2.39. The van der Waals surface area contributed by atoms with Crippen LogP contribution in [0.25, 0.3) is 10.9 Å². The molecule has 4 rings (SSSR count). The highest BCUT2D eigenvalue weighted by atomic mass is 32.2. The van der Waals surface area contributed by atoms with E-state index in [1.54, 1.807) is 12.0 Å². The summed E-state index contributed by atoms with van der Waals surface area (Å²) < 4.78 is 25.9. The number of rotatable bonds is 4. The Bertz CT molecular complexity index is 1110. The fourth-order valence-corrected chi connectivity index (χ4v) is 5.86. The molecule has 1 aromatic heterocycles. The highest BCUT2D eigenvalue weighted by molar-refractivity contribution is 7.83. The van der Waals surface area contributed by atoms with Gasteiger partial charge in [-0.3, -0.25) is 8.77 Å². The van der Waals surface area contributed by atoms with Crippen molar-refractivity contribution in [1.82, 2.24) is 13.8 Å². The maximum absolute atomic E-state index is 13.3. The van der Waals surface area contributed by atoms with Crippen molar-refractivity contribution >= 4 is 33.9 Å². The number of amides is 2. The number of piperidine rings is 1. The molecular weight excluding hydrogens is 454 g/mol. The lowest BCUT2D eigenvalue weighted by Gasteiger charge is -2.31. The first-order valence-electron chi connectivity index (χ1n) is 12.0. The standard InChI is InChI=1S/C25H35N3O5S/c1-6-34(31)28-21-8-7-17(23(29)26-12-9-18(32-5)10-13-26)15-19(21)20-16-27(14-11-22(20)28)24(30)33-25(2,3)4/h7-8,15,18H,6,9-14,16H2,1-5H3. The van der Waals surface area contributed by atoms with Crippen LogP contribution in [0.5, 0.6) is 0 Å². The molecule has 8 nitrogen and oxygen atoms in total. The Morgan fingerprint density at radius 2 is 1.82 bits per heavy atom. The second-order valence-corrected chi connectivity index (χ2v) is 11.5.